The Morgan fingerprint density at radius 3 is 1.71 bits per heavy atom. The molecule has 13 nitrogen and oxygen atoms in total. The molecule has 4 aromatic carbocycles. The number of nitrogens with one attached hydrogen (secondary N) is 1. The normalized spacial score (nSPS) is 23.4. The number of ketones is 2. The smallest absolute Gasteiger partial charge is 0.255 e. The van der Waals surface area contributed by atoms with Crippen LogP contribution in [0.1, 0.15) is 88.2 Å². The van der Waals surface area contributed by atoms with Gasteiger partial charge in [-0.05, 0) is 37.7 Å². The van der Waals surface area contributed by atoms with Crippen molar-refractivity contribution in [3.05, 3.63) is 131 Å². The Hall–Kier alpha value is -5.69. The Bertz CT molecular complexity index is 2450. The second-order valence-corrected chi connectivity index (χ2v) is 22.9. The molecule has 66 heavy (non-hydrogen) atoms. The van der Waals surface area contributed by atoms with Gasteiger partial charge in [-0.15, -0.1) is 0 Å². The summed E-state index contributed by atoms with van der Waals surface area (Å²) in [5, 5.41) is 63.5. The number of hydrogen-bond donors (Lipinski definition) is 8. The molecule has 3 aliphatic rings. The number of rotatable bonds is 18. The van der Waals surface area contributed by atoms with Gasteiger partial charge in [0.25, 0.3) is 5.91 Å². The molecule has 0 aliphatic heterocycles. The van der Waals surface area contributed by atoms with Crippen LogP contribution in [0, 0.1) is 11.8 Å². The fourth-order valence-corrected chi connectivity index (χ4v) is 16.0. The van der Waals surface area contributed by atoms with Crippen LogP contribution in [0.25, 0.3) is 5.76 Å². The number of amides is 2. The number of Topliss-reactive ketones (excluding diaryl/α,β-unsaturated/α-hetero) is 2. The summed E-state index contributed by atoms with van der Waals surface area (Å²) in [6.07, 6.45) is 7.58. The Morgan fingerprint density at radius 1 is 0.742 bits per heavy atom. The summed E-state index contributed by atoms with van der Waals surface area (Å²) in [5.74, 6) is -10.3. The Kier molecular flexibility index (Phi) is 14.1. The number of nitrogens with zero attached hydrogens (tertiary/aromatic N) is 1. The molecule has 6 atom stereocenters. The van der Waals surface area contributed by atoms with Crippen molar-refractivity contribution in [3.63, 3.8) is 0 Å². The minimum atomic E-state index is -3.74. The van der Waals surface area contributed by atoms with Gasteiger partial charge in [0.15, 0.2) is 11.4 Å². The first-order valence-corrected chi connectivity index (χ1v) is 25.3. The molecule has 9 N–H and O–H groups in total. The third-order valence-electron chi connectivity index (χ3n) is 14.3. The molecule has 0 bridgehead atoms. The first-order chi connectivity index (χ1) is 31.5. The molecule has 3 aliphatic carbocycles. The molecule has 0 saturated heterocycles. The van der Waals surface area contributed by atoms with Crippen LogP contribution in [0.3, 0.4) is 0 Å². The van der Waals surface area contributed by atoms with Gasteiger partial charge in [-0.2, -0.15) is 0 Å². The second kappa shape index (κ2) is 19.3. The summed E-state index contributed by atoms with van der Waals surface area (Å²) in [7, 11) is 2.89. The van der Waals surface area contributed by atoms with E-state index >= 15 is 0 Å². The van der Waals surface area contributed by atoms with Gasteiger partial charge < -0.3 is 36.6 Å². The van der Waals surface area contributed by atoms with Crippen LogP contribution in [0.15, 0.2) is 120 Å². The largest absolute Gasteiger partial charge is 0.508 e. The summed E-state index contributed by atoms with van der Waals surface area (Å²) in [6.45, 7) is -2.11. The van der Waals surface area contributed by atoms with Crippen molar-refractivity contribution >= 4 is 57.6 Å². The first-order valence-electron chi connectivity index (χ1n) is 22.9. The number of primary amides is 1. The van der Waals surface area contributed by atoms with Crippen LogP contribution in [0.2, 0.25) is 0 Å². The van der Waals surface area contributed by atoms with Crippen LogP contribution >= 0.6 is 6.83 Å². The van der Waals surface area contributed by atoms with Gasteiger partial charge in [-0.25, -0.2) is 0 Å². The minimum Gasteiger partial charge on any atom is -0.508 e. The Morgan fingerprint density at radius 2 is 1.23 bits per heavy atom. The van der Waals surface area contributed by atoms with Crippen molar-refractivity contribution in [2.75, 3.05) is 25.6 Å². The first kappa shape index (κ1) is 48.2. The number of fused-ring (bicyclic) bond motifs is 3. The van der Waals surface area contributed by atoms with Crippen LogP contribution in [-0.4, -0.2) is 96.7 Å². The molecule has 14 heteroatoms. The van der Waals surface area contributed by atoms with E-state index in [2.05, 4.69) is 41.7 Å². The molecule has 4 aromatic rings. The van der Waals surface area contributed by atoms with Crippen molar-refractivity contribution < 1.29 is 49.6 Å². The van der Waals surface area contributed by atoms with Gasteiger partial charge in [-0.1, -0.05) is 6.92 Å². The van der Waals surface area contributed by atoms with E-state index in [0.29, 0.717) is 12.6 Å². The quantitative estimate of drug-likeness (QED) is 0.0258. The van der Waals surface area contributed by atoms with Crippen molar-refractivity contribution in [1.29, 1.82) is 0 Å². The standard InChI is InChI=1S/C52H62N3O10P/c1-32-39-36(29-30-37(56)41(39)46(58)42-40(32)47(59)44-45(55(2)3)48(60)43(51(53)63)50(62)52(44,64)49(42)61)54-38(57)28-20-9-7-5-4-6-8-10-21-31-66(65,33-22-14-11-15-23-33,34-24-16-12-17-25-34)35-26-18-13-19-27-35/h11-19,22-27,29-30,32,40,44-45,47,56,58-59,62,64-65H,4-10,20-21,28,31H2,1-3H3,(H2,53,63)(H,54,57)/t32-,40+,44+,45-,47-,52-/m0/s1. The maximum atomic E-state index is 14.3. The fourth-order valence-electron chi connectivity index (χ4n) is 11.0. The summed E-state index contributed by atoms with van der Waals surface area (Å²) in [4.78, 5) is 68.1. The number of phenols is 1. The third kappa shape index (κ3) is 8.15. The number of benzene rings is 4. The zero-order chi connectivity index (χ0) is 47.6. The zero-order valence-electron chi connectivity index (χ0n) is 37.8. The number of carbonyl (C=O) groups is 4. The van der Waals surface area contributed by atoms with Crippen LogP contribution < -0.4 is 27.0 Å². The maximum Gasteiger partial charge on any atom is 0.255 e. The number of aliphatic hydroxyl groups excluding tert-OH is 3. The molecular formula is C52H62N3O10P. The van der Waals surface area contributed by atoms with E-state index in [-0.39, 0.29) is 29.1 Å². The molecule has 0 spiro atoms. The molecule has 0 aromatic heterocycles. The monoisotopic (exact) mass is 919 g/mol. The summed E-state index contributed by atoms with van der Waals surface area (Å²) < 4.78 is 0. The molecule has 1 fully saturated rings. The number of unbranched alkanes of at least 4 members (excludes halogenated alkanes) is 8. The molecular weight excluding hydrogens is 858 g/mol. The molecule has 7 rings (SSSR count). The van der Waals surface area contributed by atoms with Gasteiger partial charge >= 0.3 is 195 Å². The predicted molar refractivity (Wildman–Crippen MR) is 257 cm³/mol. The van der Waals surface area contributed by atoms with Crippen LogP contribution in [0.5, 0.6) is 5.75 Å². The SMILES string of the molecule is C[C@H]1c2c(NC(=O)CCCCCCCCCCCP(O)(c3ccccc3)(c3ccccc3)c3ccccc3)ccc(O)c2C(O)=C2C(=O)[C@]3(O)C(O)=C(C(N)=O)C(=O)[C@@H](N(C)C)[C@@H]3[C@@H](O)[C@@H]21. The minimum absolute atomic E-state index is 0.190. The van der Waals surface area contributed by atoms with E-state index in [1.54, 1.807) is 6.92 Å². The van der Waals surface area contributed by atoms with E-state index in [1.807, 2.05) is 54.6 Å². The van der Waals surface area contributed by atoms with E-state index < -0.39 is 88.2 Å². The second-order valence-electron chi connectivity index (χ2n) is 18.4. The van der Waals surface area contributed by atoms with E-state index in [0.717, 1.165) is 67.3 Å². The van der Waals surface area contributed by atoms with Crippen molar-refractivity contribution in [2.45, 2.75) is 94.8 Å². The zero-order valence-corrected chi connectivity index (χ0v) is 38.7. The van der Waals surface area contributed by atoms with Crippen molar-refractivity contribution in [1.82, 2.24) is 4.90 Å². The topological polar surface area (TPSA) is 231 Å². The van der Waals surface area contributed by atoms with E-state index in [4.69, 9.17) is 5.73 Å². The average Bonchev–Trinajstić information content (AvgIpc) is 3.30. The van der Waals surface area contributed by atoms with E-state index in [1.165, 1.54) is 31.1 Å². The fraction of sp³-hybridized carbons (Fsp3) is 0.385. The third-order valence-corrected chi connectivity index (χ3v) is 19.7. The number of aromatic hydroxyl groups is 1. The van der Waals surface area contributed by atoms with Crippen molar-refractivity contribution in [3.8, 4) is 5.75 Å². The van der Waals surface area contributed by atoms with Gasteiger partial charge in [0.2, 0.25) is 5.78 Å². The summed E-state index contributed by atoms with van der Waals surface area (Å²) in [6, 6.07) is 31.6. The number of phenolic OH excluding ortho intramolecular Hbond substituents is 1. The van der Waals surface area contributed by atoms with E-state index in [9.17, 15) is 49.6 Å². The number of anilines is 1. The number of carbonyl (C=O) groups excluding carboxylic acids is 4. The molecule has 0 radical (unpaired) electrons. The van der Waals surface area contributed by atoms with Crippen molar-refractivity contribution in [2.24, 2.45) is 17.6 Å². The number of hydrogen-bond acceptors (Lipinski definition) is 11. The van der Waals surface area contributed by atoms with Crippen LogP contribution in [-0.2, 0) is 19.2 Å². The molecule has 1 saturated carbocycles. The van der Waals surface area contributed by atoms with Gasteiger partial charge in [0, 0.05) is 17.2 Å². The predicted octanol–water partition coefficient (Wildman–Crippen LogP) is 5.77. The number of nitrogens with two attached hydrogens (primary N) is 1. The maximum absolute atomic E-state index is 14.3. The van der Waals surface area contributed by atoms with Crippen LogP contribution in [0.4, 0.5) is 5.69 Å². The average molecular weight is 920 g/mol. The van der Waals surface area contributed by atoms with Gasteiger partial charge in [-0.3, -0.25) is 24.1 Å². The molecule has 0 heterocycles. The van der Waals surface area contributed by atoms with Gasteiger partial charge in [0.1, 0.15) is 22.8 Å². The number of likely N-dealkylation sites (N-methyl/N-ethyl adjacent to an activating group) is 1. The Labute approximate surface area is 385 Å². The molecule has 0 unspecified atom stereocenters. The number of aliphatic hydroxyl groups is 4. The summed E-state index contributed by atoms with van der Waals surface area (Å²) >= 11 is 0. The summed E-state index contributed by atoms with van der Waals surface area (Å²) in [5.41, 5.74) is 1.21. The molecule has 350 valence electrons. The van der Waals surface area contributed by atoms with Gasteiger partial charge in [0.05, 0.1) is 23.6 Å². The Balaban J connectivity index is 0.942. The molecule has 2 amide bonds.